The average Bonchev–Trinajstić information content (AvgIpc) is 3.14. The molecule has 2 aromatic heterocycles. The molecule has 1 amide bonds. The number of amides is 1. The van der Waals surface area contributed by atoms with Crippen LogP contribution < -0.4 is 15.8 Å². The van der Waals surface area contributed by atoms with Gasteiger partial charge in [-0.3, -0.25) is 9.59 Å². The van der Waals surface area contributed by atoms with Crippen LogP contribution in [0.25, 0.3) is 4.96 Å². The monoisotopic (exact) mass is 404 g/mol. The van der Waals surface area contributed by atoms with Gasteiger partial charge in [-0.2, -0.15) is 4.52 Å². The van der Waals surface area contributed by atoms with Gasteiger partial charge in [0.1, 0.15) is 5.56 Å². The number of carbonyl (C=O) groups is 1. The molecule has 0 saturated carbocycles. The van der Waals surface area contributed by atoms with E-state index in [0.29, 0.717) is 17.4 Å². The highest BCUT2D eigenvalue weighted by molar-refractivity contribution is 7.20. The summed E-state index contributed by atoms with van der Waals surface area (Å²) in [5.41, 5.74) is -0.340. The normalized spacial score (nSPS) is 21.2. The first-order chi connectivity index (χ1) is 13.6. The van der Waals surface area contributed by atoms with E-state index in [4.69, 9.17) is 0 Å². The molecule has 2 aromatic rings. The van der Waals surface area contributed by atoms with E-state index in [1.54, 1.807) is 0 Å². The fraction of sp³-hybridized carbons (Fsp3) is 0.684. The zero-order valence-corrected chi connectivity index (χ0v) is 17.2. The molecule has 1 atom stereocenters. The molecule has 0 radical (unpaired) electrons. The van der Waals surface area contributed by atoms with Crippen molar-refractivity contribution in [2.75, 3.05) is 44.2 Å². The average molecular weight is 405 g/mol. The summed E-state index contributed by atoms with van der Waals surface area (Å²) in [7, 11) is 0. The van der Waals surface area contributed by atoms with Crippen LogP contribution in [0.5, 0.6) is 0 Å². The Morgan fingerprint density at radius 2 is 2.07 bits per heavy atom. The van der Waals surface area contributed by atoms with Gasteiger partial charge in [0, 0.05) is 32.4 Å². The smallest absolute Gasteiger partial charge is 0.288 e. The molecule has 4 heterocycles. The van der Waals surface area contributed by atoms with Gasteiger partial charge in [-0.25, -0.2) is 4.98 Å². The molecule has 2 fully saturated rings. The molecule has 0 aliphatic carbocycles. The Labute approximate surface area is 168 Å². The molecule has 9 heteroatoms. The van der Waals surface area contributed by atoms with Crippen molar-refractivity contribution in [2.45, 2.75) is 39.0 Å². The summed E-state index contributed by atoms with van der Waals surface area (Å²) < 4.78 is 1.28. The van der Waals surface area contributed by atoms with Crippen LogP contribution in [-0.4, -0.2) is 64.7 Å². The minimum absolute atomic E-state index is 0.0556. The van der Waals surface area contributed by atoms with Crippen molar-refractivity contribution in [3.8, 4) is 0 Å². The second kappa shape index (κ2) is 8.57. The van der Waals surface area contributed by atoms with Crippen LogP contribution in [0.15, 0.2) is 11.0 Å². The van der Waals surface area contributed by atoms with E-state index in [1.165, 1.54) is 47.7 Å². The van der Waals surface area contributed by atoms with E-state index in [0.717, 1.165) is 44.3 Å². The second-order valence-electron chi connectivity index (χ2n) is 7.91. The van der Waals surface area contributed by atoms with Crippen molar-refractivity contribution in [1.29, 1.82) is 0 Å². The highest BCUT2D eigenvalue weighted by Crippen LogP contribution is 2.26. The fourth-order valence-corrected chi connectivity index (χ4v) is 4.92. The molecular formula is C19H28N6O2S. The summed E-state index contributed by atoms with van der Waals surface area (Å²) in [4.78, 5) is 34.7. The summed E-state index contributed by atoms with van der Waals surface area (Å²) in [6.07, 6.45) is 7.47. The van der Waals surface area contributed by atoms with Crippen molar-refractivity contribution in [3.63, 3.8) is 0 Å². The Morgan fingerprint density at radius 3 is 2.86 bits per heavy atom. The molecule has 2 saturated heterocycles. The first kappa shape index (κ1) is 19.3. The molecule has 28 heavy (non-hydrogen) atoms. The van der Waals surface area contributed by atoms with Crippen LogP contribution in [-0.2, 0) is 0 Å². The summed E-state index contributed by atoms with van der Waals surface area (Å²) in [5, 5.41) is 8.13. The van der Waals surface area contributed by atoms with Crippen molar-refractivity contribution in [2.24, 2.45) is 5.92 Å². The van der Waals surface area contributed by atoms with E-state index in [1.807, 2.05) is 0 Å². The molecular weight excluding hydrogens is 376 g/mol. The van der Waals surface area contributed by atoms with Gasteiger partial charge in [-0.1, -0.05) is 24.7 Å². The maximum Gasteiger partial charge on any atom is 0.288 e. The number of likely N-dealkylation sites (tertiary alicyclic amines) is 1. The lowest BCUT2D eigenvalue weighted by Gasteiger charge is -2.30. The van der Waals surface area contributed by atoms with E-state index in [2.05, 4.69) is 32.1 Å². The molecule has 2 aliphatic heterocycles. The number of nitrogens with one attached hydrogen (secondary N) is 1. The molecule has 0 bridgehead atoms. The number of hydrogen-bond donors (Lipinski definition) is 1. The first-order valence-corrected chi connectivity index (χ1v) is 11.1. The molecule has 8 nitrogen and oxygen atoms in total. The summed E-state index contributed by atoms with van der Waals surface area (Å²) in [5.74, 6) is 0.247. The number of fused-ring (bicyclic) bond motifs is 1. The lowest BCUT2D eigenvalue weighted by atomic mass is 10.0. The van der Waals surface area contributed by atoms with Crippen LogP contribution in [0.2, 0.25) is 0 Å². The number of anilines is 1. The summed E-state index contributed by atoms with van der Waals surface area (Å²) >= 11 is 1.41. The van der Waals surface area contributed by atoms with Crippen molar-refractivity contribution in [3.05, 3.63) is 22.1 Å². The summed E-state index contributed by atoms with van der Waals surface area (Å²) in [6, 6.07) is 0. The third-order valence-corrected chi connectivity index (χ3v) is 6.59. The molecule has 4 rings (SSSR count). The Kier molecular flexibility index (Phi) is 5.91. The van der Waals surface area contributed by atoms with Crippen LogP contribution in [0.1, 0.15) is 49.4 Å². The Bertz CT molecular complexity index is 888. The number of nitrogens with zero attached hydrogens (tertiary/aromatic N) is 5. The largest absolute Gasteiger partial charge is 0.351 e. The van der Waals surface area contributed by atoms with E-state index in [-0.39, 0.29) is 11.5 Å². The van der Waals surface area contributed by atoms with Gasteiger partial charge in [0.15, 0.2) is 0 Å². The van der Waals surface area contributed by atoms with Gasteiger partial charge in [0.2, 0.25) is 10.1 Å². The van der Waals surface area contributed by atoms with Gasteiger partial charge >= 0.3 is 0 Å². The van der Waals surface area contributed by atoms with Crippen molar-refractivity contribution >= 4 is 27.3 Å². The van der Waals surface area contributed by atoms with Gasteiger partial charge in [-0.05, 0) is 44.7 Å². The topological polar surface area (TPSA) is 82.8 Å². The molecule has 0 spiro atoms. The number of piperidine rings is 2. The van der Waals surface area contributed by atoms with Crippen LogP contribution in [0.4, 0.5) is 5.13 Å². The predicted octanol–water partition coefficient (Wildman–Crippen LogP) is 1.60. The lowest BCUT2D eigenvalue weighted by molar-refractivity contribution is 0.0944. The second-order valence-corrected chi connectivity index (χ2v) is 8.84. The molecule has 0 aromatic carbocycles. The third-order valence-electron chi connectivity index (χ3n) is 5.61. The van der Waals surface area contributed by atoms with E-state index < -0.39 is 5.56 Å². The standard InChI is InChI=1S/C19H28N6O2S/c1-14-6-5-10-24(13-14)19-22-25-17(27)15(12-21-18(25)28-19)16(26)20-7-11-23-8-3-2-4-9-23/h12,14H,2-11,13H2,1H3,(H,20,26)/t14-/m1/s1. The van der Waals surface area contributed by atoms with Gasteiger partial charge in [-0.15, -0.1) is 5.10 Å². The highest BCUT2D eigenvalue weighted by atomic mass is 32.1. The van der Waals surface area contributed by atoms with Crippen LogP contribution >= 0.6 is 11.3 Å². The number of rotatable bonds is 5. The predicted molar refractivity (Wildman–Crippen MR) is 110 cm³/mol. The fourth-order valence-electron chi connectivity index (χ4n) is 4.03. The highest BCUT2D eigenvalue weighted by Gasteiger charge is 2.22. The Hall–Kier alpha value is -2.00. The molecule has 152 valence electrons. The lowest BCUT2D eigenvalue weighted by Crippen LogP contribution is -2.39. The molecule has 1 N–H and O–H groups in total. The number of aromatic nitrogens is 3. The van der Waals surface area contributed by atoms with Gasteiger partial charge in [0.25, 0.3) is 11.5 Å². The summed E-state index contributed by atoms with van der Waals surface area (Å²) in [6.45, 7) is 7.65. The quantitative estimate of drug-likeness (QED) is 0.815. The van der Waals surface area contributed by atoms with Gasteiger partial charge in [0.05, 0.1) is 0 Å². The Morgan fingerprint density at radius 1 is 1.25 bits per heavy atom. The van der Waals surface area contributed by atoms with Gasteiger partial charge < -0.3 is 15.1 Å². The van der Waals surface area contributed by atoms with Crippen molar-refractivity contribution in [1.82, 2.24) is 24.8 Å². The number of hydrogen-bond acceptors (Lipinski definition) is 7. The maximum atomic E-state index is 12.8. The number of carbonyl (C=O) groups excluding carboxylic acids is 1. The maximum absolute atomic E-state index is 12.8. The molecule has 2 aliphatic rings. The third kappa shape index (κ3) is 4.20. The van der Waals surface area contributed by atoms with E-state index >= 15 is 0 Å². The van der Waals surface area contributed by atoms with Crippen LogP contribution in [0.3, 0.4) is 0 Å². The van der Waals surface area contributed by atoms with Crippen molar-refractivity contribution < 1.29 is 4.79 Å². The minimum atomic E-state index is -0.395. The zero-order chi connectivity index (χ0) is 19.5. The zero-order valence-electron chi connectivity index (χ0n) is 16.4. The SMILES string of the molecule is C[C@@H]1CCCN(c2nn3c(=O)c(C(=O)NCCN4CCCCC4)cnc3s2)C1. The Balaban J connectivity index is 1.44. The van der Waals surface area contributed by atoms with E-state index in [9.17, 15) is 9.59 Å². The minimum Gasteiger partial charge on any atom is -0.351 e. The van der Waals surface area contributed by atoms with Crippen LogP contribution in [0, 0.1) is 5.92 Å². The first-order valence-electron chi connectivity index (χ1n) is 10.3. The molecule has 0 unspecified atom stereocenters.